The number of benzene rings is 2. The lowest BCUT2D eigenvalue weighted by molar-refractivity contribution is -0.139. The van der Waals surface area contributed by atoms with E-state index in [1.807, 2.05) is 0 Å². The normalized spacial score (nSPS) is 11.9. The number of nitrogens with one attached hydrogen (secondary N) is 2. The van der Waals surface area contributed by atoms with Crippen LogP contribution in [0.4, 0.5) is 4.39 Å². The van der Waals surface area contributed by atoms with E-state index in [4.69, 9.17) is 4.74 Å². The van der Waals surface area contributed by atoms with E-state index in [-0.39, 0.29) is 11.1 Å². The van der Waals surface area contributed by atoms with Crippen LogP contribution in [0.2, 0.25) is 0 Å². The Hall–Kier alpha value is -3.42. The molecule has 1 heterocycles. The van der Waals surface area contributed by atoms with Gasteiger partial charge in [0, 0.05) is 0 Å². The maximum Gasteiger partial charge on any atom is 0.330 e. The number of hydrogen-bond acceptors (Lipinski definition) is 4. The number of carbonyl (C=O) groups excluding carboxylic acids is 1. The molecule has 0 spiro atoms. The standard InChI is InChI=1S/C17H14FN3O4/c1-25-11-4-2-9(3-5-11)14(17(23)24)21-16(22)12-6-10(18)7-13-15(12)20-8-19-13/h2-8,14H,1H3,(H,19,20)(H,21,22)(H,23,24). The molecular formula is C17H14FN3O4. The second kappa shape index (κ2) is 6.60. The molecule has 3 N–H and O–H groups in total. The number of methoxy groups -OCH3 is 1. The Morgan fingerprint density at radius 1 is 1.28 bits per heavy atom. The van der Waals surface area contributed by atoms with Gasteiger partial charge in [0.2, 0.25) is 0 Å². The number of aromatic nitrogens is 2. The predicted molar refractivity (Wildman–Crippen MR) is 86.9 cm³/mol. The summed E-state index contributed by atoms with van der Waals surface area (Å²) in [5.74, 6) is -2.05. The molecule has 25 heavy (non-hydrogen) atoms. The summed E-state index contributed by atoms with van der Waals surface area (Å²) >= 11 is 0. The van der Waals surface area contributed by atoms with E-state index < -0.39 is 23.7 Å². The van der Waals surface area contributed by atoms with E-state index in [1.54, 1.807) is 12.1 Å². The van der Waals surface area contributed by atoms with E-state index in [1.165, 1.54) is 31.6 Å². The van der Waals surface area contributed by atoms with E-state index in [0.717, 1.165) is 6.07 Å². The van der Waals surface area contributed by atoms with Gasteiger partial charge in [-0.15, -0.1) is 0 Å². The topological polar surface area (TPSA) is 104 Å². The van der Waals surface area contributed by atoms with Crippen LogP contribution in [0.3, 0.4) is 0 Å². The van der Waals surface area contributed by atoms with Crippen LogP contribution in [0.5, 0.6) is 5.75 Å². The summed E-state index contributed by atoms with van der Waals surface area (Å²) in [5.41, 5.74) is 0.923. The molecule has 3 aromatic rings. The van der Waals surface area contributed by atoms with E-state index in [9.17, 15) is 19.1 Å². The smallest absolute Gasteiger partial charge is 0.330 e. The summed E-state index contributed by atoms with van der Waals surface area (Å²) in [6.07, 6.45) is 1.33. The average molecular weight is 343 g/mol. The first-order valence-corrected chi connectivity index (χ1v) is 7.30. The first kappa shape index (κ1) is 16.4. The number of rotatable bonds is 5. The van der Waals surface area contributed by atoms with Crippen molar-refractivity contribution < 1.29 is 23.8 Å². The van der Waals surface area contributed by atoms with Gasteiger partial charge in [0.15, 0.2) is 6.04 Å². The van der Waals surface area contributed by atoms with Crippen molar-refractivity contribution in [3.63, 3.8) is 0 Å². The summed E-state index contributed by atoms with van der Waals surface area (Å²) in [7, 11) is 1.49. The minimum atomic E-state index is -1.30. The molecule has 128 valence electrons. The van der Waals surface area contributed by atoms with Crippen molar-refractivity contribution in [2.75, 3.05) is 7.11 Å². The van der Waals surface area contributed by atoms with Crippen LogP contribution in [0.15, 0.2) is 42.7 Å². The van der Waals surface area contributed by atoms with Crippen molar-refractivity contribution in [3.8, 4) is 5.75 Å². The van der Waals surface area contributed by atoms with Crippen LogP contribution in [0, 0.1) is 5.82 Å². The number of carboxylic acid groups (broad SMARTS) is 1. The molecule has 0 aliphatic rings. The molecule has 3 rings (SSSR count). The van der Waals surface area contributed by atoms with Crippen molar-refractivity contribution in [3.05, 3.63) is 59.7 Å². The summed E-state index contributed by atoms with van der Waals surface area (Å²) < 4.78 is 18.7. The first-order chi connectivity index (χ1) is 12.0. The predicted octanol–water partition coefficient (Wildman–Crippen LogP) is 2.27. The summed E-state index contributed by atoms with van der Waals surface area (Å²) in [4.78, 5) is 30.8. The largest absolute Gasteiger partial charge is 0.497 e. The number of carbonyl (C=O) groups is 2. The highest BCUT2D eigenvalue weighted by Gasteiger charge is 2.24. The number of halogens is 1. The third kappa shape index (κ3) is 3.27. The zero-order chi connectivity index (χ0) is 18.0. The fourth-order valence-electron chi connectivity index (χ4n) is 2.48. The molecule has 0 aliphatic carbocycles. The maximum atomic E-state index is 13.7. The van der Waals surface area contributed by atoms with Gasteiger partial charge in [-0.25, -0.2) is 14.2 Å². The number of hydrogen-bond donors (Lipinski definition) is 3. The van der Waals surface area contributed by atoms with Crippen molar-refractivity contribution in [1.29, 1.82) is 0 Å². The average Bonchev–Trinajstić information content (AvgIpc) is 3.06. The second-order valence-electron chi connectivity index (χ2n) is 5.27. The number of imidazole rings is 1. The Morgan fingerprint density at radius 3 is 2.64 bits per heavy atom. The van der Waals surface area contributed by atoms with Gasteiger partial charge in [-0.2, -0.15) is 0 Å². The van der Waals surface area contributed by atoms with Crippen LogP contribution in [-0.4, -0.2) is 34.1 Å². The number of carboxylic acids is 1. The molecule has 1 atom stereocenters. The third-order valence-electron chi connectivity index (χ3n) is 3.70. The van der Waals surface area contributed by atoms with Crippen molar-refractivity contribution in [1.82, 2.24) is 15.3 Å². The minimum Gasteiger partial charge on any atom is -0.497 e. The van der Waals surface area contributed by atoms with Crippen molar-refractivity contribution in [2.45, 2.75) is 6.04 Å². The summed E-state index contributed by atoms with van der Waals surface area (Å²) in [6.45, 7) is 0. The third-order valence-corrected chi connectivity index (χ3v) is 3.70. The summed E-state index contributed by atoms with van der Waals surface area (Å²) in [5, 5.41) is 11.8. The molecule has 2 aromatic carbocycles. The Balaban J connectivity index is 1.92. The molecule has 0 saturated heterocycles. The summed E-state index contributed by atoms with van der Waals surface area (Å²) in [6, 6.07) is 7.18. The molecule has 0 bridgehead atoms. The number of amides is 1. The zero-order valence-corrected chi connectivity index (χ0v) is 13.1. The molecule has 0 radical (unpaired) electrons. The highest BCUT2D eigenvalue weighted by Crippen LogP contribution is 2.21. The fourth-order valence-corrected chi connectivity index (χ4v) is 2.48. The lowest BCUT2D eigenvalue weighted by Gasteiger charge is -2.15. The van der Waals surface area contributed by atoms with Gasteiger partial charge in [0.05, 0.1) is 24.5 Å². The molecule has 0 aliphatic heterocycles. The number of ether oxygens (including phenoxy) is 1. The van der Waals surface area contributed by atoms with Crippen LogP contribution < -0.4 is 10.1 Å². The Labute approximate surface area is 141 Å². The number of nitrogens with zero attached hydrogens (tertiary/aromatic N) is 1. The zero-order valence-electron chi connectivity index (χ0n) is 13.1. The highest BCUT2D eigenvalue weighted by molar-refractivity contribution is 6.06. The van der Waals surface area contributed by atoms with Crippen LogP contribution in [0.25, 0.3) is 11.0 Å². The van der Waals surface area contributed by atoms with Crippen LogP contribution >= 0.6 is 0 Å². The molecule has 1 unspecified atom stereocenters. The van der Waals surface area contributed by atoms with E-state index in [2.05, 4.69) is 15.3 Å². The fraction of sp³-hybridized carbons (Fsp3) is 0.118. The van der Waals surface area contributed by atoms with Gasteiger partial charge in [0.25, 0.3) is 5.91 Å². The Kier molecular flexibility index (Phi) is 4.34. The molecule has 1 aromatic heterocycles. The number of aromatic amines is 1. The Bertz CT molecular complexity index is 937. The Morgan fingerprint density at radius 2 is 2.00 bits per heavy atom. The quantitative estimate of drug-likeness (QED) is 0.659. The molecule has 8 heteroatoms. The van der Waals surface area contributed by atoms with Crippen LogP contribution in [-0.2, 0) is 4.79 Å². The van der Waals surface area contributed by atoms with Gasteiger partial charge < -0.3 is 20.1 Å². The van der Waals surface area contributed by atoms with Gasteiger partial charge in [-0.05, 0) is 29.8 Å². The van der Waals surface area contributed by atoms with Gasteiger partial charge >= 0.3 is 5.97 Å². The van der Waals surface area contributed by atoms with Gasteiger partial charge in [0.1, 0.15) is 17.1 Å². The first-order valence-electron chi connectivity index (χ1n) is 7.30. The monoisotopic (exact) mass is 343 g/mol. The van der Waals surface area contributed by atoms with Crippen LogP contribution in [0.1, 0.15) is 22.0 Å². The maximum absolute atomic E-state index is 13.7. The minimum absolute atomic E-state index is 0.0454. The molecule has 1 amide bonds. The van der Waals surface area contributed by atoms with E-state index >= 15 is 0 Å². The van der Waals surface area contributed by atoms with E-state index in [0.29, 0.717) is 16.8 Å². The van der Waals surface area contributed by atoms with Crippen molar-refractivity contribution >= 4 is 22.9 Å². The number of fused-ring (bicyclic) bond motifs is 1. The molecule has 0 saturated carbocycles. The molecular weight excluding hydrogens is 329 g/mol. The highest BCUT2D eigenvalue weighted by atomic mass is 19.1. The van der Waals surface area contributed by atoms with Crippen molar-refractivity contribution in [2.24, 2.45) is 0 Å². The van der Waals surface area contributed by atoms with Gasteiger partial charge in [-0.3, -0.25) is 4.79 Å². The lowest BCUT2D eigenvalue weighted by atomic mass is 10.1. The lowest BCUT2D eigenvalue weighted by Crippen LogP contribution is -2.34. The number of aliphatic carboxylic acids is 1. The molecule has 7 nitrogen and oxygen atoms in total. The SMILES string of the molecule is COc1ccc(C(NC(=O)c2cc(F)cc3[nH]cnc23)C(=O)O)cc1. The second-order valence-corrected chi connectivity index (χ2v) is 5.27. The van der Waals surface area contributed by atoms with Gasteiger partial charge in [-0.1, -0.05) is 12.1 Å². The number of H-pyrrole nitrogens is 1. The molecule has 0 fully saturated rings.